The molecule has 1 N–H and O–H groups in total. The second-order valence-electron chi connectivity index (χ2n) is 2.67. The third-order valence-corrected chi connectivity index (χ3v) is 1.67. The molecule has 0 heterocycles. The Labute approximate surface area is 83.4 Å². The van der Waals surface area contributed by atoms with Crippen LogP contribution in [0.1, 0.15) is 12.5 Å². The Morgan fingerprint density at radius 3 is 2.64 bits per heavy atom. The van der Waals surface area contributed by atoms with Gasteiger partial charge in [-0.2, -0.15) is 0 Å². The Balaban J connectivity index is 2.59. The Hall–Kier alpha value is -1.77. The number of benzene rings is 1. The standard InChI is InChI=1S/C11H13NO2/c1-3-9-5-7-10(8-6-9)12-11(13)14-4-2/h3,5-8H,1,4H2,2H3,(H,12,13). The van der Waals surface area contributed by atoms with Gasteiger partial charge in [0, 0.05) is 5.69 Å². The summed E-state index contributed by atoms with van der Waals surface area (Å²) in [5.41, 5.74) is 1.73. The number of rotatable bonds is 3. The first kappa shape index (κ1) is 10.3. The highest BCUT2D eigenvalue weighted by Crippen LogP contribution is 2.10. The van der Waals surface area contributed by atoms with E-state index in [2.05, 4.69) is 11.9 Å². The molecule has 0 bridgehead atoms. The van der Waals surface area contributed by atoms with Crippen LogP contribution in [0.25, 0.3) is 6.08 Å². The van der Waals surface area contributed by atoms with E-state index in [0.717, 1.165) is 5.56 Å². The van der Waals surface area contributed by atoms with Gasteiger partial charge in [-0.3, -0.25) is 5.32 Å². The first-order chi connectivity index (χ1) is 6.76. The molecule has 0 aliphatic carbocycles. The maximum atomic E-state index is 11.0. The van der Waals surface area contributed by atoms with Crippen LogP contribution in [0.5, 0.6) is 0 Å². The van der Waals surface area contributed by atoms with Gasteiger partial charge in [0.15, 0.2) is 0 Å². The third-order valence-electron chi connectivity index (χ3n) is 1.67. The molecule has 1 aromatic rings. The molecule has 0 aliphatic rings. The van der Waals surface area contributed by atoms with Gasteiger partial charge in [0.05, 0.1) is 6.61 Å². The topological polar surface area (TPSA) is 38.3 Å². The van der Waals surface area contributed by atoms with Crippen molar-refractivity contribution in [2.45, 2.75) is 6.92 Å². The average Bonchev–Trinajstić information content (AvgIpc) is 2.19. The largest absolute Gasteiger partial charge is 0.450 e. The van der Waals surface area contributed by atoms with Gasteiger partial charge in [-0.25, -0.2) is 4.79 Å². The van der Waals surface area contributed by atoms with Gasteiger partial charge in [0.1, 0.15) is 0 Å². The van der Waals surface area contributed by atoms with Crippen LogP contribution in [0, 0.1) is 0 Å². The monoisotopic (exact) mass is 191 g/mol. The van der Waals surface area contributed by atoms with Crippen LogP contribution >= 0.6 is 0 Å². The highest BCUT2D eigenvalue weighted by atomic mass is 16.5. The molecule has 0 unspecified atom stereocenters. The maximum absolute atomic E-state index is 11.0. The normalized spacial score (nSPS) is 9.21. The molecule has 0 radical (unpaired) electrons. The number of hydrogen-bond donors (Lipinski definition) is 1. The number of carbonyl (C=O) groups is 1. The van der Waals surface area contributed by atoms with Gasteiger partial charge < -0.3 is 4.74 Å². The van der Waals surface area contributed by atoms with Gasteiger partial charge >= 0.3 is 6.09 Å². The van der Waals surface area contributed by atoms with Crippen LogP contribution in [0.4, 0.5) is 10.5 Å². The summed E-state index contributed by atoms with van der Waals surface area (Å²) in [6.45, 7) is 5.77. The predicted molar refractivity (Wildman–Crippen MR) is 57.2 cm³/mol. The molecule has 3 heteroatoms. The predicted octanol–water partition coefficient (Wildman–Crippen LogP) is 2.90. The lowest BCUT2D eigenvalue weighted by atomic mass is 10.2. The summed E-state index contributed by atoms with van der Waals surface area (Å²) in [5.74, 6) is 0. The van der Waals surface area contributed by atoms with Crippen molar-refractivity contribution in [3.8, 4) is 0 Å². The van der Waals surface area contributed by atoms with Crippen molar-refractivity contribution in [1.29, 1.82) is 0 Å². The molecule has 1 aromatic carbocycles. The molecule has 3 nitrogen and oxygen atoms in total. The molecule has 0 aliphatic heterocycles. The molecule has 1 rings (SSSR count). The zero-order valence-corrected chi connectivity index (χ0v) is 8.12. The lowest BCUT2D eigenvalue weighted by Crippen LogP contribution is -2.12. The Kier molecular flexibility index (Phi) is 3.73. The summed E-state index contributed by atoms with van der Waals surface area (Å²) in [6, 6.07) is 7.34. The smallest absolute Gasteiger partial charge is 0.411 e. The van der Waals surface area contributed by atoms with E-state index in [1.54, 1.807) is 25.1 Å². The molecule has 1 amide bonds. The molecule has 74 valence electrons. The molecule has 0 saturated heterocycles. The average molecular weight is 191 g/mol. The van der Waals surface area contributed by atoms with Crippen LogP contribution in [0.3, 0.4) is 0 Å². The highest BCUT2D eigenvalue weighted by molar-refractivity contribution is 5.84. The number of ether oxygens (including phenoxy) is 1. The third kappa shape index (κ3) is 2.94. The van der Waals surface area contributed by atoms with Crippen molar-refractivity contribution in [3.63, 3.8) is 0 Å². The molecule has 0 fully saturated rings. The Morgan fingerprint density at radius 2 is 2.14 bits per heavy atom. The van der Waals surface area contributed by atoms with Crippen molar-refractivity contribution in [2.75, 3.05) is 11.9 Å². The molecular weight excluding hydrogens is 178 g/mol. The van der Waals surface area contributed by atoms with Crippen molar-refractivity contribution < 1.29 is 9.53 Å². The van der Waals surface area contributed by atoms with Crippen molar-refractivity contribution in [3.05, 3.63) is 36.4 Å². The van der Waals surface area contributed by atoms with Crippen molar-refractivity contribution >= 4 is 17.9 Å². The fourth-order valence-corrected chi connectivity index (χ4v) is 0.988. The van der Waals surface area contributed by atoms with E-state index in [0.29, 0.717) is 12.3 Å². The second kappa shape index (κ2) is 5.07. The van der Waals surface area contributed by atoms with E-state index in [9.17, 15) is 4.79 Å². The van der Waals surface area contributed by atoms with E-state index in [-0.39, 0.29) is 0 Å². The minimum Gasteiger partial charge on any atom is -0.450 e. The summed E-state index contributed by atoms with van der Waals surface area (Å²) < 4.78 is 4.73. The van der Waals surface area contributed by atoms with Crippen LogP contribution in [0.15, 0.2) is 30.8 Å². The van der Waals surface area contributed by atoms with E-state index >= 15 is 0 Å². The molecular formula is C11H13NO2. The maximum Gasteiger partial charge on any atom is 0.411 e. The van der Waals surface area contributed by atoms with Gasteiger partial charge in [-0.1, -0.05) is 24.8 Å². The molecule has 0 atom stereocenters. The van der Waals surface area contributed by atoms with E-state index in [1.807, 2.05) is 12.1 Å². The number of hydrogen-bond acceptors (Lipinski definition) is 2. The Morgan fingerprint density at radius 1 is 1.50 bits per heavy atom. The zero-order chi connectivity index (χ0) is 10.4. The molecule has 0 spiro atoms. The molecule has 0 saturated carbocycles. The molecule has 14 heavy (non-hydrogen) atoms. The van der Waals surface area contributed by atoms with Gasteiger partial charge in [0.25, 0.3) is 0 Å². The van der Waals surface area contributed by atoms with E-state index in [4.69, 9.17) is 4.74 Å². The van der Waals surface area contributed by atoms with Crippen molar-refractivity contribution in [2.24, 2.45) is 0 Å². The SMILES string of the molecule is C=Cc1ccc(NC(=O)OCC)cc1. The summed E-state index contributed by atoms with van der Waals surface area (Å²) >= 11 is 0. The second-order valence-corrected chi connectivity index (χ2v) is 2.67. The molecule has 0 aromatic heterocycles. The van der Waals surface area contributed by atoms with Crippen molar-refractivity contribution in [1.82, 2.24) is 0 Å². The summed E-state index contributed by atoms with van der Waals surface area (Å²) in [4.78, 5) is 11.0. The minimum absolute atomic E-state index is 0.372. The first-order valence-corrected chi connectivity index (χ1v) is 4.42. The lowest BCUT2D eigenvalue weighted by molar-refractivity contribution is 0.168. The first-order valence-electron chi connectivity index (χ1n) is 4.42. The van der Waals surface area contributed by atoms with Crippen LogP contribution in [-0.4, -0.2) is 12.7 Å². The van der Waals surface area contributed by atoms with Crippen LogP contribution in [0.2, 0.25) is 0 Å². The van der Waals surface area contributed by atoms with Crippen LogP contribution < -0.4 is 5.32 Å². The van der Waals surface area contributed by atoms with E-state index < -0.39 is 6.09 Å². The summed E-state index contributed by atoms with van der Waals surface area (Å²) in [7, 11) is 0. The van der Waals surface area contributed by atoms with Gasteiger partial charge in [-0.05, 0) is 24.6 Å². The summed E-state index contributed by atoms with van der Waals surface area (Å²) in [5, 5.41) is 2.60. The fourth-order valence-electron chi connectivity index (χ4n) is 0.988. The van der Waals surface area contributed by atoms with E-state index in [1.165, 1.54) is 0 Å². The van der Waals surface area contributed by atoms with Gasteiger partial charge in [0.2, 0.25) is 0 Å². The fraction of sp³-hybridized carbons (Fsp3) is 0.182. The quantitative estimate of drug-likeness (QED) is 0.797. The number of carbonyl (C=O) groups excluding carboxylic acids is 1. The highest BCUT2D eigenvalue weighted by Gasteiger charge is 2.00. The number of amides is 1. The minimum atomic E-state index is -0.432. The lowest BCUT2D eigenvalue weighted by Gasteiger charge is -2.04. The number of nitrogens with one attached hydrogen (secondary N) is 1. The number of anilines is 1. The zero-order valence-electron chi connectivity index (χ0n) is 8.12. The van der Waals surface area contributed by atoms with Gasteiger partial charge in [-0.15, -0.1) is 0 Å². The Bertz CT molecular complexity index is 317. The van der Waals surface area contributed by atoms with Crippen LogP contribution in [-0.2, 0) is 4.74 Å². The summed E-state index contributed by atoms with van der Waals surface area (Å²) in [6.07, 6.45) is 1.31.